The van der Waals surface area contributed by atoms with Crippen LogP contribution >= 0.6 is 0 Å². The van der Waals surface area contributed by atoms with Crippen molar-refractivity contribution in [2.24, 2.45) is 10.7 Å². The van der Waals surface area contributed by atoms with E-state index in [4.69, 9.17) is 10.5 Å². The average Bonchev–Trinajstić information content (AvgIpc) is 2.91. The number of carbonyl (C=O) groups excluding carboxylic acids is 1. The minimum Gasteiger partial charge on any atom is -0.404 e. The summed E-state index contributed by atoms with van der Waals surface area (Å²) in [5.74, 6) is -0.806. The second-order valence-corrected chi connectivity index (χ2v) is 8.92. The lowest BCUT2D eigenvalue weighted by Gasteiger charge is -2.41. The van der Waals surface area contributed by atoms with Crippen LogP contribution in [0.5, 0.6) is 0 Å². The summed E-state index contributed by atoms with van der Waals surface area (Å²) in [6.45, 7) is 6.90. The Labute approximate surface area is 210 Å². The molecule has 2 saturated heterocycles. The first-order chi connectivity index (χ1) is 17.5. The van der Waals surface area contributed by atoms with E-state index in [1.165, 1.54) is 30.5 Å². The van der Waals surface area contributed by atoms with E-state index < -0.39 is 5.91 Å². The van der Waals surface area contributed by atoms with Crippen molar-refractivity contribution in [1.29, 1.82) is 5.26 Å². The number of ether oxygens (including phenoxy) is 1. The highest BCUT2D eigenvalue weighted by atomic mass is 19.1. The van der Waals surface area contributed by atoms with Crippen LogP contribution < -0.4 is 16.0 Å². The SMILES string of the molecule is CC(=Nc1ccc(F)cc1)C(=CN)C(=O)Nc1ccc(N2CCN(C3CCOCC3)CC2)c(C#N)c1. The van der Waals surface area contributed by atoms with Gasteiger partial charge in [-0.25, -0.2) is 4.39 Å². The fraction of sp³-hybridized carbons (Fsp3) is 0.370. The third-order valence-corrected chi connectivity index (χ3v) is 6.66. The van der Waals surface area contributed by atoms with Gasteiger partial charge in [-0.2, -0.15) is 5.26 Å². The molecule has 1 amide bonds. The fourth-order valence-corrected chi connectivity index (χ4v) is 4.69. The number of nitriles is 1. The Morgan fingerprint density at radius 3 is 2.50 bits per heavy atom. The van der Waals surface area contributed by atoms with Crippen LogP contribution in [0.3, 0.4) is 0 Å². The first kappa shape index (κ1) is 25.4. The van der Waals surface area contributed by atoms with Crippen molar-refractivity contribution in [2.75, 3.05) is 49.6 Å². The lowest BCUT2D eigenvalue weighted by molar-refractivity contribution is -0.112. The fourth-order valence-electron chi connectivity index (χ4n) is 4.69. The topological polar surface area (TPSA) is 107 Å². The molecule has 0 aromatic heterocycles. The summed E-state index contributed by atoms with van der Waals surface area (Å²) in [5.41, 5.74) is 8.66. The third-order valence-electron chi connectivity index (χ3n) is 6.66. The van der Waals surface area contributed by atoms with Crippen molar-refractivity contribution in [1.82, 2.24) is 4.90 Å². The molecule has 2 aromatic rings. The molecule has 0 radical (unpaired) electrons. The van der Waals surface area contributed by atoms with Crippen LogP contribution in [-0.2, 0) is 9.53 Å². The Bertz CT molecular complexity index is 1170. The number of nitrogens with one attached hydrogen (secondary N) is 1. The average molecular weight is 491 g/mol. The van der Waals surface area contributed by atoms with Crippen LogP contribution in [0.1, 0.15) is 25.3 Å². The van der Waals surface area contributed by atoms with Crippen molar-refractivity contribution in [3.8, 4) is 6.07 Å². The Morgan fingerprint density at radius 1 is 1.17 bits per heavy atom. The summed E-state index contributed by atoms with van der Waals surface area (Å²) < 4.78 is 18.6. The van der Waals surface area contributed by atoms with E-state index in [0.717, 1.165) is 57.9 Å². The van der Waals surface area contributed by atoms with E-state index in [2.05, 4.69) is 26.2 Å². The molecule has 0 aliphatic carbocycles. The smallest absolute Gasteiger partial charge is 0.258 e. The Hall–Kier alpha value is -3.74. The number of anilines is 2. The molecule has 0 saturated carbocycles. The molecule has 4 rings (SSSR count). The first-order valence-corrected chi connectivity index (χ1v) is 12.1. The quantitative estimate of drug-likeness (QED) is 0.474. The van der Waals surface area contributed by atoms with E-state index in [0.29, 0.717) is 28.7 Å². The third kappa shape index (κ3) is 6.08. The van der Waals surface area contributed by atoms with Crippen LogP contribution in [0.2, 0.25) is 0 Å². The van der Waals surface area contributed by atoms with Gasteiger partial charge in [-0.1, -0.05) is 0 Å². The summed E-state index contributed by atoms with van der Waals surface area (Å²) in [6, 6.07) is 13.8. The number of hydrogen-bond donors (Lipinski definition) is 2. The zero-order valence-electron chi connectivity index (χ0n) is 20.4. The van der Waals surface area contributed by atoms with Crippen molar-refractivity contribution < 1.29 is 13.9 Å². The molecule has 188 valence electrons. The second-order valence-electron chi connectivity index (χ2n) is 8.92. The zero-order chi connectivity index (χ0) is 25.5. The van der Waals surface area contributed by atoms with Gasteiger partial charge in [0, 0.05) is 57.3 Å². The van der Waals surface area contributed by atoms with Gasteiger partial charge in [0.2, 0.25) is 0 Å². The molecule has 0 spiro atoms. The molecule has 0 bridgehead atoms. The zero-order valence-corrected chi connectivity index (χ0v) is 20.4. The molecule has 2 aliphatic heterocycles. The van der Waals surface area contributed by atoms with Crippen molar-refractivity contribution in [2.45, 2.75) is 25.8 Å². The van der Waals surface area contributed by atoms with Gasteiger partial charge in [-0.3, -0.25) is 14.7 Å². The molecule has 0 unspecified atom stereocenters. The molecule has 2 aliphatic rings. The predicted molar refractivity (Wildman–Crippen MR) is 139 cm³/mol. The summed E-state index contributed by atoms with van der Waals surface area (Å²) in [4.78, 5) is 22.0. The van der Waals surface area contributed by atoms with Crippen LogP contribution in [0.4, 0.5) is 21.5 Å². The van der Waals surface area contributed by atoms with E-state index >= 15 is 0 Å². The molecule has 2 heterocycles. The lowest BCUT2D eigenvalue weighted by Crippen LogP contribution is -2.51. The van der Waals surface area contributed by atoms with Gasteiger partial charge in [-0.15, -0.1) is 0 Å². The van der Waals surface area contributed by atoms with Crippen molar-refractivity contribution in [3.63, 3.8) is 0 Å². The number of amides is 1. The van der Waals surface area contributed by atoms with Gasteiger partial charge in [0.05, 0.1) is 28.2 Å². The van der Waals surface area contributed by atoms with Gasteiger partial charge < -0.3 is 20.7 Å². The number of piperazine rings is 1. The van der Waals surface area contributed by atoms with E-state index in [1.54, 1.807) is 19.1 Å². The molecule has 2 aromatic carbocycles. The summed E-state index contributed by atoms with van der Waals surface area (Å²) in [7, 11) is 0. The van der Waals surface area contributed by atoms with Crippen molar-refractivity contribution >= 4 is 28.7 Å². The van der Waals surface area contributed by atoms with E-state index in [1.807, 2.05) is 6.07 Å². The van der Waals surface area contributed by atoms with Gasteiger partial charge in [0.25, 0.3) is 5.91 Å². The van der Waals surface area contributed by atoms with Crippen molar-refractivity contribution in [3.05, 3.63) is 65.6 Å². The Kier molecular flexibility index (Phi) is 8.31. The van der Waals surface area contributed by atoms with Gasteiger partial charge in [-0.05, 0) is 62.2 Å². The lowest BCUT2D eigenvalue weighted by atomic mass is 10.1. The maximum absolute atomic E-state index is 13.1. The van der Waals surface area contributed by atoms with Crippen LogP contribution in [0.25, 0.3) is 0 Å². The number of hydrogen-bond acceptors (Lipinski definition) is 7. The number of nitrogens with two attached hydrogens (primary N) is 1. The molecular formula is C27H31FN6O2. The first-order valence-electron chi connectivity index (χ1n) is 12.1. The van der Waals surface area contributed by atoms with Crippen LogP contribution in [0, 0.1) is 17.1 Å². The number of aliphatic imine (C=N–C) groups is 1. The molecule has 8 nitrogen and oxygen atoms in total. The maximum Gasteiger partial charge on any atom is 0.258 e. The molecule has 0 atom stereocenters. The minimum atomic E-state index is -0.442. The van der Waals surface area contributed by atoms with E-state index in [-0.39, 0.29) is 11.4 Å². The summed E-state index contributed by atoms with van der Waals surface area (Å²) in [6.07, 6.45) is 3.34. The Balaban J connectivity index is 1.41. The number of nitrogens with zero attached hydrogens (tertiary/aromatic N) is 4. The number of carbonyl (C=O) groups is 1. The van der Waals surface area contributed by atoms with Gasteiger partial charge in [0.15, 0.2) is 0 Å². The van der Waals surface area contributed by atoms with Gasteiger partial charge in [0.1, 0.15) is 11.9 Å². The molecule has 2 fully saturated rings. The van der Waals surface area contributed by atoms with E-state index in [9.17, 15) is 14.4 Å². The number of halogens is 1. The molecule has 9 heteroatoms. The standard InChI is InChI=1S/C27H31FN6O2/c1-19(31-22-4-2-21(28)3-5-22)25(18-30)27(35)32-23-6-7-26(20(16-23)17-29)34-12-10-33(11-13-34)24-8-14-36-15-9-24/h2-7,16,18,24H,8-15,30H2,1H3,(H,32,35). The largest absolute Gasteiger partial charge is 0.404 e. The normalized spacial score (nSPS) is 18.1. The number of rotatable bonds is 6. The minimum absolute atomic E-state index is 0.186. The highest BCUT2D eigenvalue weighted by Crippen LogP contribution is 2.27. The molecule has 36 heavy (non-hydrogen) atoms. The highest BCUT2D eigenvalue weighted by Gasteiger charge is 2.26. The van der Waals surface area contributed by atoms with Crippen LogP contribution in [0.15, 0.2) is 59.2 Å². The Morgan fingerprint density at radius 2 is 1.86 bits per heavy atom. The maximum atomic E-state index is 13.1. The molecule has 3 N–H and O–H groups in total. The number of benzene rings is 2. The monoisotopic (exact) mass is 490 g/mol. The summed E-state index contributed by atoms with van der Waals surface area (Å²) >= 11 is 0. The predicted octanol–water partition coefficient (Wildman–Crippen LogP) is 3.57. The summed E-state index contributed by atoms with van der Waals surface area (Å²) in [5, 5.41) is 12.6. The molecular weight excluding hydrogens is 459 g/mol. The highest BCUT2D eigenvalue weighted by molar-refractivity contribution is 6.25. The second kappa shape index (κ2) is 11.8. The van der Waals surface area contributed by atoms with Crippen LogP contribution in [-0.4, -0.2) is 62.0 Å². The van der Waals surface area contributed by atoms with Gasteiger partial charge >= 0.3 is 0 Å².